The van der Waals surface area contributed by atoms with Crippen LogP contribution >= 0.6 is 0 Å². The van der Waals surface area contributed by atoms with Gasteiger partial charge in [-0.25, -0.2) is 0 Å². The van der Waals surface area contributed by atoms with E-state index in [1.807, 2.05) is 0 Å². The Balaban J connectivity index is 2.27. The van der Waals surface area contributed by atoms with Gasteiger partial charge < -0.3 is 10.2 Å². The Bertz CT molecular complexity index is 186. The number of aliphatic hydroxyl groups excluding tert-OH is 2. The van der Waals surface area contributed by atoms with Crippen molar-refractivity contribution in [2.45, 2.75) is 51.6 Å². The topological polar surface area (TPSA) is 40.5 Å². The second kappa shape index (κ2) is 3.82. The smallest absolute Gasteiger partial charge is 0.0623 e. The Kier molecular flexibility index (Phi) is 2.85. The van der Waals surface area contributed by atoms with E-state index in [0.717, 1.165) is 12.8 Å². The molecule has 82 valence electrons. The third-order valence-corrected chi connectivity index (χ3v) is 4.79. The van der Waals surface area contributed by atoms with Crippen LogP contribution in [0.25, 0.3) is 0 Å². The van der Waals surface area contributed by atoms with Gasteiger partial charge in [-0.1, -0.05) is 19.8 Å². The normalized spacial score (nSPS) is 48.6. The fraction of sp³-hybridized carbons (Fsp3) is 1.00. The van der Waals surface area contributed by atoms with E-state index in [9.17, 15) is 10.2 Å². The van der Waals surface area contributed by atoms with Crippen molar-refractivity contribution in [2.75, 3.05) is 6.61 Å². The quantitative estimate of drug-likeness (QED) is 0.676. The zero-order valence-electron chi connectivity index (χ0n) is 9.08. The summed E-state index contributed by atoms with van der Waals surface area (Å²) in [5.41, 5.74) is -0.156. The maximum atomic E-state index is 10.2. The van der Waals surface area contributed by atoms with Gasteiger partial charge in [0.2, 0.25) is 0 Å². The van der Waals surface area contributed by atoms with Crippen molar-refractivity contribution in [3.05, 3.63) is 0 Å². The van der Waals surface area contributed by atoms with Crippen LogP contribution < -0.4 is 0 Å². The molecular weight excluding hydrogens is 176 g/mol. The van der Waals surface area contributed by atoms with Gasteiger partial charge in [-0.15, -0.1) is 0 Å². The average Bonchev–Trinajstić information content (AvgIpc) is 2.19. The lowest BCUT2D eigenvalue weighted by atomic mass is 9.54. The van der Waals surface area contributed by atoms with E-state index in [1.165, 1.54) is 25.7 Å². The molecule has 0 heterocycles. The van der Waals surface area contributed by atoms with Crippen molar-refractivity contribution in [1.82, 2.24) is 0 Å². The van der Waals surface area contributed by atoms with E-state index >= 15 is 0 Å². The molecule has 0 radical (unpaired) electrons. The van der Waals surface area contributed by atoms with Crippen LogP contribution in [0.1, 0.15) is 45.4 Å². The highest BCUT2D eigenvalue weighted by atomic mass is 16.3. The van der Waals surface area contributed by atoms with Crippen LogP contribution in [0.3, 0.4) is 0 Å². The average molecular weight is 198 g/mol. The Hall–Kier alpha value is -0.0800. The van der Waals surface area contributed by atoms with Crippen LogP contribution in [0, 0.1) is 17.3 Å². The van der Waals surface area contributed by atoms with Crippen LogP contribution in [0.2, 0.25) is 0 Å². The summed E-state index contributed by atoms with van der Waals surface area (Å²) in [7, 11) is 0. The highest BCUT2D eigenvalue weighted by molar-refractivity contribution is 5.00. The summed E-state index contributed by atoms with van der Waals surface area (Å²) < 4.78 is 0. The lowest BCUT2D eigenvalue weighted by Gasteiger charge is -2.53. The van der Waals surface area contributed by atoms with Gasteiger partial charge in [-0.2, -0.15) is 0 Å². The van der Waals surface area contributed by atoms with E-state index in [2.05, 4.69) is 6.92 Å². The Labute approximate surface area is 86.3 Å². The minimum absolute atomic E-state index is 0.156. The van der Waals surface area contributed by atoms with Gasteiger partial charge in [0.1, 0.15) is 0 Å². The maximum Gasteiger partial charge on any atom is 0.0623 e. The standard InChI is InChI=1S/C12H22O2/c1-9-4-2-5-10-6-3-7-11(14)12(9,10)8-13/h9-11,13-14H,2-8H2,1H3. The van der Waals surface area contributed by atoms with Crippen molar-refractivity contribution >= 4 is 0 Å². The van der Waals surface area contributed by atoms with Crippen molar-refractivity contribution < 1.29 is 10.2 Å². The van der Waals surface area contributed by atoms with Crippen LogP contribution in [0.4, 0.5) is 0 Å². The molecule has 0 bridgehead atoms. The van der Waals surface area contributed by atoms with Gasteiger partial charge in [0.25, 0.3) is 0 Å². The molecule has 0 aliphatic heterocycles. The van der Waals surface area contributed by atoms with Crippen molar-refractivity contribution in [3.63, 3.8) is 0 Å². The lowest BCUT2D eigenvalue weighted by molar-refractivity contribution is -0.137. The molecule has 2 fully saturated rings. The van der Waals surface area contributed by atoms with Crippen LogP contribution in [-0.4, -0.2) is 22.9 Å². The molecule has 0 spiro atoms. The molecule has 0 aromatic rings. The Morgan fingerprint density at radius 3 is 2.36 bits per heavy atom. The minimum Gasteiger partial charge on any atom is -0.396 e. The van der Waals surface area contributed by atoms with Crippen molar-refractivity contribution in [1.29, 1.82) is 0 Å². The van der Waals surface area contributed by atoms with Gasteiger partial charge in [0.05, 0.1) is 12.7 Å². The zero-order valence-corrected chi connectivity index (χ0v) is 9.08. The molecule has 2 rings (SSSR count). The molecule has 2 heteroatoms. The van der Waals surface area contributed by atoms with E-state index in [0.29, 0.717) is 11.8 Å². The Morgan fingerprint density at radius 1 is 1.14 bits per heavy atom. The second-order valence-electron chi connectivity index (χ2n) is 5.25. The number of hydrogen-bond acceptors (Lipinski definition) is 2. The maximum absolute atomic E-state index is 10.2. The third-order valence-electron chi connectivity index (χ3n) is 4.79. The van der Waals surface area contributed by atoms with Gasteiger partial charge >= 0.3 is 0 Å². The summed E-state index contributed by atoms with van der Waals surface area (Å²) >= 11 is 0. The molecule has 4 atom stereocenters. The molecule has 0 aromatic carbocycles. The number of aliphatic hydroxyl groups is 2. The first-order chi connectivity index (χ1) is 6.71. The van der Waals surface area contributed by atoms with E-state index in [-0.39, 0.29) is 18.1 Å². The molecule has 4 unspecified atom stereocenters. The number of hydrogen-bond donors (Lipinski definition) is 2. The minimum atomic E-state index is -0.262. The van der Waals surface area contributed by atoms with Gasteiger partial charge in [0, 0.05) is 5.41 Å². The number of fused-ring (bicyclic) bond motifs is 1. The van der Waals surface area contributed by atoms with Crippen LogP contribution in [0.15, 0.2) is 0 Å². The first-order valence-electron chi connectivity index (χ1n) is 6.00. The van der Waals surface area contributed by atoms with Crippen LogP contribution in [0.5, 0.6) is 0 Å². The van der Waals surface area contributed by atoms with E-state index < -0.39 is 0 Å². The molecule has 2 aliphatic rings. The van der Waals surface area contributed by atoms with E-state index in [4.69, 9.17) is 0 Å². The summed E-state index contributed by atoms with van der Waals surface area (Å²) in [6.45, 7) is 2.39. The summed E-state index contributed by atoms with van der Waals surface area (Å²) in [6.07, 6.45) is 6.64. The van der Waals surface area contributed by atoms with Gasteiger partial charge in [-0.05, 0) is 37.5 Å². The summed E-state index contributed by atoms with van der Waals surface area (Å²) in [6, 6.07) is 0. The van der Waals surface area contributed by atoms with E-state index in [1.54, 1.807) is 0 Å². The lowest BCUT2D eigenvalue weighted by Crippen LogP contribution is -2.53. The largest absolute Gasteiger partial charge is 0.396 e. The predicted octanol–water partition coefficient (Wildman–Crippen LogP) is 1.95. The molecule has 0 amide bonds. The van der Waals surface area contributed by atoms with Crippen LogP contribution in [-0.2, 0) is 0 Å². The SMILES string of the molecule is CC1CCCC2CCCC(O)C12CO. The molecule has 14 heavy (non-hydrogen) atoms. The molecule has 2 saturated carbocycles. The second-order valence-corrected chi connectivity index (χ2v) is 5.25. The highest BCUT2D eigenvalue weighted by Gasteiger charge is 2.51. The zero-order chi connectivity index (χ0) is 10.2. The Morgan fingerprint density at radius 2 is 1.79 bits per heavy atom. The highest BCUT2D eigenvalue weighted by Crippen LogP contribution is 2.53. The first-order valence-corrected chi connectivity index (χ1v) is 6.00. The number of rotatable bonds is 1. The fourth-order valence-corrected chi connectivity index (χ4v) is 3.84. The van der Waals surface area contributed by atoms with Gasteiger partial charge in [0.15, 0.2) is 0 Å². The predicted molar refractivity (Wildman–Crippen MR) is 55.9 cm³/mol. The molecule has 0 saturated heterocycles. The third kappa shape index (κ3) is 1.31. The van der Waals surface area contributed by atoms with Crippen molar-refractivity contribution in [2.24, 2.45) is 17.3 Å². The molecule has 0 aromatic heterocycles. The van der Waals surface area contributed by atoms with Gasteiger partial charge in [-0.3, -0.25) is 0 Å². The molecule has 2 N–H and O–H groups in total. The molecule has 2 aliphatic carbocycles. The molecule has 2 nitrogen and oxygen atoms in total. The van der Waals surface area contributed by atoms with Crippen molar-refractivity contribution in [3.8, 4) is 0 Å². The fourth-order valence-electron chi connectivity index (χ4n) is 3.84. The first kappa shape index (κ1) is 10.4. The summed E-state index contributed by atoms with van der Waals surface area (Å²) in [5, 5.41) is 19.8. The monoisotopic (exact) mass is 198 g/mol. The summed E-state index contributed by atoms with van der Waals surface area (Å²) in [5.74, 6) is 1.06. The molecular formula is C12H22O2. The summed E-state index contributed by atoms with van der Waals surface area (Å²) in [4.78, 5) is 0.